The van der Waals surface area contributed by atoms with Crippen LogP contribution in [0.2, 0.25) is 0 Å². The van der Waals surface area contributed by atoms with Crippen molar-refractivity contribution < 1.29 is 13.6 Å². The van der Waals surface area contributed by atoms with Crippen molar-refractivity contribution in [2.75, 3.05) is 13.1 Å². The van der Waals surface area contributed by atoms with E-state index in [1.807, 2.05) is 0 Å². The van der Waals surface area contributed by atoms with E-state index in [4.69, 9.17) is 5.73 Å². The van der Waals surface area contributed by atoms with Crippen molar-refractivity contribution in [1.82, 2.24) is 4.90 Å². The van der Waals surface area contributed by atoms with Crippen LogP contribution in [0.1, 0.15) is 24.8 Å². The van der Waals surface area contributed by atoms with Gasteiger partial charge in [0.05, 0.1) is 6.42 Å². The molecule has 0 unspecified atom stereocenters. The molecule has 1 aromatic rings. The maximum absolute atomic E-state index is 13.5. The quantitative estimate of drug-likeness (QED) is 0.909. The number of piperidine rings is 1. The van der Waals surface area contributed by atoms with Gasteiger partial charge in [0, 0.05) is 24.7 Å². The molecular weight excluding hydrogens is 250 g/mol. The second kappa shape index (κ2) is 6.10. The van der Waals surface area contributed by atoms with Crippen LogP contribution < -0.4 is 5.73 Å². The van der Waals surface area contributed by atoms with E-state index >= 15 is 0 Å². The molecule has 1 saturated heterocycles. The molecule has 1 amide bonds. The highest BCUT2D eigenvalue weighted by Crippen LogP contribution is 2.18. The second-order valence-electron chi connectivity index (χ2n) is 4.88. The highest BCUT2D eigenvalue weighted by Gasteiger charge is 2.26. The number of carbonyl (C=O) groups is 1. The number of benzene rings is 1. The third kappa shape index (κ3) is 3.29. The molecule has 0 spiro atoms. The Morgan fingerprint density at radius 3 is 2.89 bits per heavy atom. The van der Waals surface area contributed by atoms with Crippen LogP contribution in [0, 0.1) is 11.6 Å². The molecule has 5 heteroatoms. The number of hydrogen-bond acceptors (Lipinski definition) is 2. The summed E-state index contributed by atoms with van der Waals surface area (Å²) < 4.78 is 26.6. The number of nitrogens with zero attached hydrogens (tertiary/aromatic N) is 1. The van der Waals surface area contributed by atoms with E-state index in [-0.39, 0.29) is 23.9 Å². The molecule has 0 aliphatic carbocycles. The number of nitrogens with two attached hydrogens (primary N) is 1. The van der Waals surface area contributed by atoms with Crippen molar-refractivity contribution in [3.8, 4) is 0 Å². The average Bonchev–Trinajstić information content (AvgIpc) is 2.42. The number of rotatable bonds is 3. The molecule has 1 fully saturated rings. The first-order valence-corrected chi connectivity index (χ1v) is 6.55. The Labute approximate surface area is 111 Å². The predicted octanol–water partition coefficient (Wildman–Crippen LogP) is 1.85. The summed E-state index contributed by atoms with van der Waals surface area (Å²) in [5, 5.41) is 0. The Bertz CT molecular complexity index is 465. The fourth-order valence-electron chi connectivity index (χ4n) is 2.52. The normalized spacial score (nSPS) is 19.5. The molecule has 19 heavy (non-hydrogen) atoms. The van der Waals surface area contributed by atoms with Crippen molar-refractivity contribution in [2.45, 2.75) is 31.7 Å². The van der Waals surface area contributed by atoms with E-state index in [2.05, 4.69) is 0 Å². The lowest BCUT2D eigenvalue weighted by atomic mass is 10.0. The lowest BCUT2D eigenvalue weighted by molar-refractivity contribution is -0.133. The highest BCUT2D eigenvalue weighted by atomic mass is 19.1. The molecule has 1 aliphatic heterocycles. The van der Waals surface area contributed by atoms with Crippen LogP contribution in [0.5, 0.6) is 0 Å². The summed E-state index contributed by atoms with van der Waals surface area (Å²) >= 11 is 0. The molecule has 104 valence electrons. The summed E-state index contributed by atoms with van der Waals surface area (Å²) in [6, 6.07) is 3.20. The van der Waals surface area contributed by atoms with E-state index in [0.29, 0.717) is 13.1 Å². The van der Waals surface area contributed by atoms with Crippen molar-refractivity contribution in [1.29, 1.82) is 0 Å². The van der Waals surface area contributed by atoms with Gasteiger partial charge in [-0.3, -0.25) is 4.79 Å². The molecule has 2 rings (SSSR count). The Morgan fingerprint density at radius 2 is 2.16 bits per heavy atom. The molecule has 2 N–H and O–H groups in total. The van der Waals surface area contributed by atoms with Crippen molar-refractivity contribution in [2.24, 2.45) is 5.73 Å². The topological polar surface area (TPSA) is 46.3 Å². The van der Waals surface area contributed by atoms with Gasteiger partial charge in [0.25, 0.3) is 0 Å². The first-order chi connectivity index (χ1) is 9.11. The summed E-state index contributed by atoms with van der Waals surface area (Å²) in [6.07, 6.45) is 2.77. The van der Waals surface area contributed by atoms with Gasteiger partial charge >= 0.3 is 0 Å². The van der Waals surface area contributed by atoms with Gasteiger partial charge in [-0.05, 0) is 37.5 Å². The Balaban J connectivity index is 2.09. The third-order valence-corrected chi connectivity index (χ3v) is 3.57. The Hall–Kier alpha value is -1.49. The van der Waals surface area contributed by atoms with E-state index in [1.165, 1.54) is 0 Å². The SMILES string of the molecule is NC[C@H]1CCCCN1C(=O)Cc1cc(F)ccc1F. The first kappa shape index (κ1) is 13.9. The zero-order chi connectivity index (χ0) is 13.8. The lowest BCUT2D eigenvalue weighted by Crippen LogP contribution is -2.48. The van der Waals surface area contributed by atoms with E-state index in [1.54, 1.807) is 4.90 Å². The lowest BCUT2D eigenvalue weighted by Gasteiger charge is -2.35. The molecule has 0 saturated carbocycles. The molecule has 1 aliphatic rings. The smallest absolute Gasteiger partial charge is 0.227 e. The molecule has 1 aromatic carbocycles. The van der Waals surface area contributed by atoms with E-state index in [0.717, 1.165) is 37.5 Å². The molecule has 1 heterocycles. The number of hydrogen-bond donors (Lipinski definition) is 1. The van der Waals surface area contributed by atoms with Gasteiger partial charge in [-0.2, -0.15) is 0 Å². The van der Waals surface area contributed by atoms with Gasteiger partial charge in [-0.25, -0.2) is 8.78 Å². The highest BCUT2D eigenvalue weighted by molar-refractivity contribution is 5.79. The molecule has 0 aromatic heterocycles. The van der Waals surface area contributed by atoms with Crippen LogP contribution in [0.3, 0.4) is 0 Å². The summed E-state index contributed by atoms with van der Waals surface area (Å²) in [6.45, 7) is 1.06. The molecule has 0 radical (unpaired) electrons. The van der Waals surface area contributed by atoms with Crippen LogP contribution in [-0.4, -0.2) is 29.9 Å². The van der Waals surface area contributed by atoms with Gasteiger partial charge < -0.3 is 10.6 Å². The zero-order valence-corrected chi connectivity index (χ0v) is 10.7. The van der Waals surface area contributed by atoms with Gasteiger partial charge in [0.15, 0.2) is 0 Å². The van der Waals surface area contributed by atoms with Crippen LogP contribution >= 0.6 is 0 Å². The van der Waals surface area contributed by atoms with Crippen LogP contribution in [-0.2, 0) is 11.2 Å². The van der Waals surface area contributed by atoms with Gasteiger partial charge in [-0.1, -0.05) is 0 Å². The number of likely N-dealkylation sites (tertiary alicyclic amines) is 1. The number of amides is 1. The fourth-order valence-corrected chi connectivity index (χ4v) is 2.52. The summed E-state index contributed by atoms with van der Waals surface area (Å²) in [4.78, 5) is 13.9. The second-order valence-corrected chi connectivity index (χ2v) is 4.88. The Kier molecular flexibility index (Phi) is 4.47. The largest absolute Gasteiger partial charge is 0.338 e. The Morgan fingerprint density at radius 1 is 1.37 bits per heavy atom. The van der Waals surface area contributed by atoms with Gasteiger partial charge in [-0.15, -0.1) is 0 Å². The minimum Gasteiger partial charge on any atom is -0.338 e. The van der Waals surface area contributed by atoms with Crippen molar-refractivity contribution in [3.63, 3.8) is 0 Å². The summed E-state index contributed by atoms with van der Waals surface area (Å²) in [5.41, 5.74) is 5.75. The zero-order valence-electron chi connectivity index (χ0n) is 10.7. The monoisotopic (exact) mass is 268 g/mol. The summed E-state index contributed by atoms with van der Waals surface area (Å²) in [7, 11) is 0. The fraction of sp³-hybridized carbons (Fsp3) is 0.500. The average molecular weight is 268 g/mol. The van der Waals surface area contributed by atoms with Crippen molar-refractivity contribution >= 4 is 5.91 Å². The molecule has 0 bridgehead atoms. The van der Waals surface area contributed by atoms with Gasteiger partial charge in [0.1, 0.15) is 11.6 Å². The minimum absolute atomic E-state index is 0.0258. The van der Waals surface area contributed by atoms with Crippen LogP contribution in [0.25, 0.3) is 0 Å². The van der Waals surface area contributed by atoms with Crippen molar-refractivity contribution in [3.05, 3.63) is 35.4 Å². The predicted molar refractivity (Wildman–Crippen MR) is 68.5 cm³/mol. The van der Waals surface area contributed by atoms with Gasteiger partial charge in [0.2, 0.25) is 5.91 Å². The minimum atomic E-state index is -0.545. The standard InChI is InChI=1S/C14H18F2N2O/c15-11-4-5-13(16)10(7-11)8-14(19)18-6-2-1-3-12(18)9-17/h4-5,7,12H,1-3,6,8-9,17H2/t12-/m1/s1. The third-order valence-electron chi connectivity index (χ3n) is 3.57. The number of halogens is 2. The van der Waals surface area contributed by atoms with Crippen LogP contribution in [0.15, 0.2) is 18.2 Å². The molecular formula is C14H18F2N2O. The summed E-state index contributed by atoms with van der Waals surface area (Å²) in [5.74, 6) is -1.26. The maximum atomic E-state index is 13.5. The number of carbonyl (C=O) groups excluding carboxylic acids is 1. The van der Waals surface area contributed by atoms with E-state index < -0.39 is 11.6 Å². The first-order valence-electron chi connectivity index (χ1n) is 6.55. The van der Waals surface area contributed by atoms with E-state index in [9.17, 15) is 13.6 Å². The molecule has 3 nitrogen and oxygen atoms in total. The van der Waals surface area contributed by atoms with Crippen LogP contribution in [0.4, 0.5) is 8.78 Å². The molecule has 1 atom stereocenters. The maximum Gasteiger partial charge on any atom is 0.227 e.